The summed E-state index contributed by atoms with van der Waals surface area (Å²) in [5.74, 6) is -0.408. The highest BCUT2D eigenvalue weighted by atomic mass is 16.3. The van der Waals surface area contributed by atoms with Crippen LogP contribution in [-0.2, 0) is 4.79 Å². The maximum Gasteiger partial charge on any atom is 0.321 e. The van der Waals surface area contributed by atoms with Crippen molar-refractivity contribution in [2.75, 3.05) is 13.1 Å². The van der Waals surface area contributed by atoms with Gasteiger partial charge >= 0.3 is 6.03 Å². The molecule has 0 aromatic rings. The number of hydrogen-bond donors (Lipinski definition) is 4. The Balaban J connectivity index is 3.85. The molecule has 0 radical (unpaired) electrons. The van der Waals surface area contributed by atoms with Gasteiger partial charge in [0.2, 0.25) is 5.91 Å². The smallest absolute Gasteiger partial charge is 0.321 e. The summed E-state index contributed by atoms with van der Waals surface area (Å²) in [7, 11) is 0. The molecule has 0 fully saturated rings. The lowest BCUT2D eigenvalue weighted by Gasteiger charge is -2.15. The quantitative estimate of drug-likeness (QED) is 0.500. The van der Waals surface area contributed by atoms with Gasteiger partial charge in [0.15, 0.2) is 0 Å². The molecule has 6 nitrogen and oxygen atoms in total. The molecule has 0 bridgehead atoms. The topological polar surface area (TPSA) is 90.5 Å². The average molecular weight is 231 g/mol. The molecule has 3 amide bonds. The van der Waals surface area contributed by atoms with E-state index in [2.05, 4.69) is 16.0 Å². The Kier molecular flexibility index (Phi) is 7.49. The van der Waals surface area contributed by atoms with Crippen molar-refractivity contribution in [3.05, 3.63) is 0 Å². The number of carbonyl (C=O) groups is 2. The number of imide groups is 1. The highest BCUT2D eigenvalue weighted by Crippen LogP contribution is 1.89. The van der Waals surface area contributed by atoms with Crippen LogP contribution in [0.25, 0.3) is 0 Å². The Labute approximate surface area is 95.8 Å². The fraction of sp³-hybridized carbons (Fsp3) is 0.800. The van der Waals surface area contributed by atoms with Gasteiger partial charge in [0.1, 0.15) is 0 Å². The summed E-state index contributed by atoms with van der Waals surface area (Å²) in [6.45, 7) is 6.06. The molecule has 2 atom stereocenters. The van der Waals surface area contributed by atoms with E-state index in [9.17, 15) is 14.7 Å². The fourth-order valence-corrected chi connectivity index (χ4v) is 0.975. The van der Waals surface area contributed by atoms with Crippen molar-refractivity contribution in [1.82, 2.24) is 16.0 Å². The lowest BCUT2D eigenvalue weighted by atomic mass is 10.2. The predicted molar refractivity (Wildman–Crippen MR) is 61.0 cm³/mol. The van der Waals surface area contributed by atoms with Crippen molar-refractivity contribution in [1.29, 1.82) is 0 Å². The first kappa shape index (κ1) is 14.9. The number of hydrogen-bond acceptors (Lipinski definition) is 4. The SMILES string of the molecule is CCNC(=O)NC(=O)C(C)NCC(O)CC. The standard InChI is InChI=1S/C10H21N3O3/c1-4-8(14)6-12-7(3)9(15)13-10(16)11-5-2/h7-8,12,14H,4-6H2,1-3H3,(H2,11,13,15,16). The molecule has 0 aliphatic carbocycles. The minimum absolute atomic E-state index is 0.334. The molecule has 4 N–H and O–H groups in total. The third-order valence-corrected chi connectivity index (χ3v) is 2.10. The second-order valence-electron chi connectivity index (χ2n) is 3.54. The Morgan fingerprint density at radius 2 is 1.94 bits per heavy atom. The number of nitrogens with one attached hydrogen (secondary N) is 3. The Morgan fingerprint density at radius 3 is 2.44 bits per heavy atom. The van der Waals surface area contributed by atoms with Crippen molar-refractivity contribution >= 4 is 11.9 Å². The van der Waals surface area contributed by atoms with Gasteiger partial charge in [-0.15, -0.1) is 0 Å². The van der Waals surface area contributed by atoms with Crippen LogP contribution in [0.2, 0.25) is 0 Å². The second kappa shape index (κ2) is 8.06. The van der Waals surface area contributed by atoms with Crippen LogP contribution in [0.3, 0.4) is 0 Å². The zero-order valence-corrected chi connectivity index (χ0v) is 10.0. The summed E-state index contributed by atoms with van der Waals surface area (Å²) >= 11 is 0. The molecule has 0 aliphatic heterocycles. The zero-order valence-electron chi connectivity index (χ0n) is 10.0. The summed E-state index contributed by atoms with van der Waals surface area (Å²) in [4.78, 5) is 22.4. The number of urea groups is 1. The van der Waals surface area contributed by atoms with Gasteiger partial charge < -0.3 is 15.7 Å². The largest absolute Gasteiger partial charge is 0.392 e. The molecule has 0 rings (SSSR count). The molecule has 0 spiro atoms. The Hall–Kier alpha value is -1.14. The van der Waals surface area contributed by atoms with Crippen LogP contribution in [0.15, 0.2) is 0 Å². The summed E-state index contributed by atoms with van der Waals surface area (Å²) in [6, 6.07) is -1.01. The van der Waals surface area contributed by atoms with Crippen molar-refractivity contribution in [2.24, 2.45) is 0 Å². The normalized spacial score (nSPS) is 14.0. The van der Waals surface area contributed by atoms with E-state index in [1.807, 2.05) is 6.92 Å². The van der Waals surface area contributed by atoms with E-state index in [0.717, 1.165) is 0 Å². The number of rotatable bonds is 6. The van der Waals surface area contributed by atoms with E-state index in [1.165, 1.54) is 0 Å². The van der Waals surface area contributed by atoms with E-state index >= 15 is 0 Å². The van der Waals surface area contributed by atoms with E-state index in [4.69, 9.17) is 0 Å². The fourth-order valence-electron chi connectivity index (χ4n) is 0.975. The molecule has 6 heteroatoms. The predicted octanol–water partition coefficient (Wildman–Crippen LogP) is -0.419. The first-order valence-corrected chi connectivity index (χ1v) is 5.51. The van der Waals surface area contributed by atoms with Gasteiger partial charge in [-0.1, -0.05) is 6.92 Å². The highest BCUT2D eigenvalue weighted by molar-refractivity contribution is 5.96. The zero-order chi connectivity index (χ0) is 12.6. The van der Waals surface area contributed by atoms with E-state index < -0.39 is 24.1 Å². The van der Waals surface area contributed by atoms with Gasteiger partial charge in [-0.25, -0.2) is 4.79 Å². The maximum atomic E-state index is 11.4. The lowest BCUT2D eigenvalue weighted by molar-refractivity contribution is -0.121. The third kappa shape index (κ3) is 6.36. The van der Waals surface area contributed by atoms with Gasteiger partial charge in [-0.05, 0) is 20.3 Å². The number of amides is 3. The summed E-state index contributed by atoms with van der Waals surface area (Å²) in [5, 5.41) is 16.8. The van der Waals surface area contributed by atoms with E-state index in [-0.39, 0.29) is 0 Å². The molecule has 94 valence electrons. The first-order chi connectivity index (χ1) is 7.51. The number of carbonyl (C=O) groups excluding carboxylic acids is 2. The van der Waals surface area contributed by atoms with Crippen LogP contribution >= 0.6 is 0 Å². The van der Waals surface area contributed by atoms with Gasteiger partial charge in [-0.2, -0.15) is 0 Å². The molecular weight excluding hydrogens is 210 g/mol. The maximum absolute atomic E-state index is 11.4. The van der Waals surface area contributed by atoms with Crippen LogP contribution in [0.4, 0.5) is 4.79 Å². The number of aliphatic hydroxyl groups excluding tert-OH is 1. The second-order valence-corrected chi connectivity index (χ2v) is 3.54. The monoisotopic (exact) mass is 231 g/mol. The summed E-state index contributed by atoms with van der Waals surface area (Å²) in [6.07, 6.45) is 0.150. The average Bonchev–Trinajstić information content (AvgIpc) is 2.25. The van der Waals surface area contributed by atoms with Crippen LogP contribution < -0.4 is 16.0 Å². The van der Waals surface area contributed by atoms with Gasteiger partial charge in [0.05, 0.1) is 12.1 Å². The van der Waals surface area contributed by atoms with Crippen LogP contribution in [0.5, 0.6) is 0 Å². The highest BCUT2D eigenvalue weighted by Gasteiger charge is 2.15. The Morgan fingerprint density at radius 1 is 1.31 bits per heavy atom. The van der Waals surface area contributed by atoms with Crippen molar-refractivity contribution in [3.63, 3.8) is 0 Å². The Bertz CT molecular complexity index is 233. The third-order valence-electron chi connectivity index (χ3n) is 2.10. The van der Waals surface area contributed by atoms with Crippen molar-refractivity contribution in [2.45, 2.75) is 39.3 Å². The molecule has 2 unspecified atom stereocenters. The molecule has 0 saturated heterocycles. The molecule has 0 aromatic carbocycles. The number of aliphatic hydroxyl groups is 1. The van der Waals surface area contributed by atoms with Crippen LogP contribution in [0.1, 0.15) is 27.2 Å². The van der Waals surface area contributed by atoms with E-state index in [1.54, 1.807) is 13.8 Å². The molecule has 16 heavy (non-hydrogen) atoms. The molecular formula is C10H21N3O3. The van der Waals surface area contributed by atoms with Gasteiger partial charge in [-0.3, -0.25) is 10.1 Å². The van der Waals surface area contributed by atoms with Gasteiger partial charge in [0.25, 0.3) is 0 Å². The van der Waals surface area contributed by atoms with Gasteiger partial charge in [0, 0.05) is 13.1 Å². The molecule has 0 saturated carbocycles. The van der Waals surface area contributed by atoms with Crippen LogP contribution in [0, 0.1) is 0 Å². The molecule has 0 heterocycles. The van der Waals surface area contributed by atoms with Crippen molar-refractivity contribution in [3.8, 4) is 0 Å². The van der Waals surface area contributed by atoms with E-state index in [0.29, 0.717) is 19.5 Å². The van der Waals surface area contributed by atoms with Crippen molar-refractivity contribution < 1.29 is 14.7 Å². The molecule has 0 aromatic heterocycles. The lowest BCUT2D eigenvalue weighted by Crippen LogP contribution is -2.49. The van der Waals surface area contributed by atoms with Crippen LogP contribution in [-0.4, -0.2) is 42.3 Å². The molecule has 0 aliphatic rings. The summed E-state index contributed by atoms with van der Waals surface area (Å²) in [5.41, 5.74) is 0. The first-order valence-electron chi connectivity index (χ1n) is 5.51. The summed E-state index contributed by atoms with van der Waals surface area (Å²) < 4.78 is 0. The minimum atomic E-state index is -0.510. The minimum Gasteiger partial charge on any atom is -0.392 e.